The quantitative estimate of drug-likeness (QED) is 0.860. The number of anilines is 1. The normalized spacial score (nSPS) is 21.9. The molecule has 2 rings (SSSR count). The lowest BCUT2D eigenvalue weighted by molar-refractivity contribution is 0.322. The second-order valence-corrected chi connectivity index (χ2v) is 5.13. The van der Waals surface area contributed by atoms with Crippen LogP contribution in [0.4, 0.5) is 5.95 Å². The van der Waals surface area contributed by atoms with Gasteiger partial charge in [0.1, 0.15) is 0 Å². The van der Waals surface area contributed by atoms with Crippen molar-refractivity contribution in [2.24, 2.45) is 0 Å². The lowest BCUT2D eigenvalue weighted by Crippen LogP contribution is -2.31. The second-order valence-electron chi connectivity index (χ2n) is 3.88. The van der Waals surface area contributed by atoms with Gasteiger partial charge in [-0.15, -0.1) is 0 Å². The number of likely N-dealkylation sites (N-methyl/N-ethyl adjacent to an activating group) is 1. The maximum absolute atomic E-state index is 4.22. The van der Waals surface area contributed by atoms with Crippen molar-refractivity contribution >= 4 is 28.5 Å². The molecule has 1 atom stereocenters. The summed E-state index contributed by atoms with van der Waals surface area (Å²) in [5, 5.41) is 3.28. The topological polar surface area (TPSA) is 41.0 Å². The Balaban J connectivity index is 1.85. The highest BCUT2D eigenvalue weighted by Crippen LogP contribution is 2.14. The third kappa shape index (κ3) is 3.01. The molecule has 5 heteroatoms. The van der Waals surface area contributed by atoms with Crippen molar-refractivity contribution in [1.29, 1.82) is 0 Å². The molecule has 1 saturated heterocycles. The van der Waals surface area contributed by atoms with E-state index < -0.39 is 0 Å². The molecule has 1 N–H and O–H groups in total. The van der Waals surface area contributed by atoms with Gasteiger partial charge in [-0.25, -0.2) is 9.97 Å². The van der Waals surface area contributed by atoms with Crippen molar-refractivity contribution in [1.82, 2.24) is 14.9 Å². The van der Waals surface area contributed by atoms with Gasteiger partial charge in [0.05, 0.1) is 0 Å². The van der Waals surface area contributed by atoms with Gasteiger partial charge in [0.2, 0.25) is 5.95 Å². The SMILES string of the molecule is CN1CCCC1CNc1ncc(I)cn1. The van der Waals surface area contributed by atoms with Gasteiger partial charge < -0.3 is 10.2 Å². The molecule has 1 aromatic heterocycles. The Kier molecular flexibility index (Phi) is 3.74. The van der Waals surface area contributed by atoms with E-state index in [-0.39, 0.29) is 0 Å². The zero-order valence-electron chi connectivity index (χ0n) is 8.78. The average molecular weight is 318 g/mol. The van der Waals surface area contributed by atoms with Crippen molar-refractivity contribution in [3.05, 3.63) is 16.0 Å². The molecule has 0 spiro atoms. The summed E-state index contributed by atoms with van der Waals surface area (Å²) in [7, 11) is 2.17. The van der Waals surface area contributed by atoms with Crippen LogP contribution in [0.1, 0.15) is 12.8 Å². The average Bonchev–Trinajstić information content (AvgIpc) is 2.63. The Hall–Kier alpha value is -0.430. The number of aromatic nitrogens is 2. The fraction of sp³-hybridized carbons (Fsp3) is 0.600. The number of halogens is 1. The van der Waals surface area contributed by atoms with Crippen LogP contribution in [0.3, 0.4) is 0 Å². The molecule has 0 aromatic carbocycles. The molecule has 0 radical (unpaired) electrons. The predicted molar refractivity (Wildman–Crippen MR) is 68.9 cm³/mol. The van der Waals surface area contributed by atoms with Crippen LogP contribution in [0.5, 0.6) is 0 Å². The minimum atomic E-state index is 0.632. The van der Waals surface area contributed by atoms with Crippen LogP contribution in [0.15, 0.2) is 12.4 Å². The summed E-state index contributed by atoms with van der Waals surface area (Å²) in [6.45, 7) is 2.15. The molecule has 1 aliphatic rings. The summed E-state index contributed by atoms with van der Waals surface area (Å²) in [5.41, 5.74) is 0. The van der Waals surface area contributed by atoms with Crippen molar-refractivity contribution in [2.75, 3.05) is 25.5 Å². The lowest BCUT2D eigenvalue weighted by atomic mass is 10.2. The zero-order valence-corrected chi connectivity index (χ0v) is 10.9. The first kappa shape index (κ1) is 11.1. The minimum Gasteiger partial charge on any atom is -0.353 e. The number of likely N-dealkylation sites (tertiary alicyclic amines) is 1. The highest BCUT2D eigenvalue weighted by atomic mass is 127. The van der Waals surface area contributed by atoms with Crippen LogP contribution >= 0.6 is 22.6 Å². The third-order valence-corrected chi connectivity index (χ3v) is 3.34. The summed E-state index contributed by atoms with van der Waals surface area (Å²) < 4.78 is 1.07. The Morgan fingerprint density at radius 2 is 2.27 bits per heavy atom. The van der Waals surface area contributed by atoms with Crippen molar-refractivity contribution < 1.29 is 0 Å². The monoisotopic (exact) mass is 318 g/mol. The molecule has 1 unspecified atom stereocenters. The molecule has 82 valence electrons. The summed E-state index contributed by atoms with van der Waals surface area (Å²) in [4.78, 5) is 10.8. The molecule has 0 amide bonds. The molecule has 0 aliphatic carbocycles. The Morgan fingerprint density at radius 1 is 1.53 bits per heavy atom. The zero-order chi connectivity index (χ0) is 10.7. The Labute approximate surface area is 104 Å². The number of rotatable bonds is 3. The number of nitrogens with zero attached hydrogens (tertiary/aromatic N) is 3. The van der Waals surface area contributed by atoms with Gasteiger partial charge in [-0.1, -0.05) is 0 Å². The molecule has 0 bridgehead atoms. The van der Waals surface area contributed by atoms with Crippen LogP contribution in [0.25, 0.3) is 0 Å². The van der Waals surface area contributed by atoms with Crippen molar-refractivity contribution in [3.63, 3.8) is 0 Å². The molecule has 1 aliphatic heterocycles. The molecule has 15 heavy (non-hydrogen) atoms. The number of hydrogen-bond acceptors (Lipinski definition) is 4. The first-order valence-corrected chi connectivity index (χ1v) is 6.25. The molecule has 1 aromatic rings. The van der Waals surface area contributed by atoms with E-state index in [0.717, 1.165) is 16.1 Å². The lowest BCUT2D eigenvalue weighted by Gasteiger charge is -2.19. The maximum atomic E-state index is 4.22. The second kappa shape index (κ2) is 5.07. The van der Waals surface area contributed by atoms with Gasteiger partial charge in [-0.3, -0.25) is 0 Å². The van der Waals surface area contributed by atoms with Gasteiger partial charge in [-0.2, -0.15) is 0 Å². The van der Waals surface area contributed by atoms with Crippen LogP contribution in [0.2, 0.25) is 0 Å². The van der Waals surface area contributed by atoms with Gasteiger partial charge in [0.25, 0.3) is 0 Å². The van der Waals surface area contributed by atoms with Gasteiger partial charge >= 0.3 is 0 Å². The first-order chi connectivity index (χ1) is 7.25. The van der Waals surface area contributed by atoms with Crippen LogP contribution in [0, 0.1) is 3.57 Å². The van der Waals surface area contributed by atoms with E-state index in [2.05, 4.69) is 49.8 Å². The molecular weight excluding hydrogens is 303 g/mol. The summed E-state index contributed by atoms with van der Waals surface area (Å²) >= 11 is 2.21. The van der Waals surface area contributed by atoms with Crippen LogP contribution in [-0.4, -0.2) is 41.0 Å². The Bertz CT molecular complexity index is 314. The third-order valence-electron chi connectivity index (χ3n) is 2.79. The summed E-state index contributed by atoms with van der Waals surface area (Å²) in [5.74, 6) is 0.732. The number of hydrogen-bond donors (Lipinski definition) is 1. The van der Waals surface area contributed by atoms with E-state index >= 15 is 0 Å². The first-order valence-electron chi connectivity index (χ1n) is 5.17. The molecule has 4 nitrogen and oxygen atoms in total. The molecular formula is C10H15IN4. The van der Waals surface area contributed by atoms with Gasteiger partial charge in [0.15, 0.2) is 0 Å². The maximum Gasteiger partial charge on any atom is 0.222 e. The van der Waals surface area contributed by atoms with Gasteiger partial charge in [-0.05, 0) is 49.0 Å². The minimum absolute atomic E-state index is 0.632. The van der Waals surface area contributed by atoms with Crippen molar-refractivity contribution in [2.45, 2.75) is 18.9 Å². The van der Waals surface area contributed by atoms with Crippen LogP contribution in [-0.2, 0) is 0 Å². The van der Waals surface area contributed by atoms with E-state index in [1.807, 2.05) is 12.4 Å². The smallest absolute Gasteiger partial charge is 0.222 e. The highest BCUT2D eigenvalue weighted by Gasteiger charge is 2.20. The Morgan fingerprint density at radius 3 is 2.87 bits per heavy atom. The fourth-order valence-electron chi connectivity index (χ4n) is 1.85. The molecule has 1 fully saturated rings. The van der Waals surface area contributed by atoms with E-state index in [0.29, 0.717) is 6.04 Å². The molecule has 0 saturated carbocycles. The van der Waals surface area contributed by atoms with E-state index in [1.54, 1.807) is 0 Å². The summed E-state index contributed by atoms with van der Waals surface area (Å²) in [6, 6.07) is 0.632. The van der Waals surface area contributed by atoms with Crippen molar-refractivity contribution in [3.8, 4) is 0 Å². The van der Waals surface area contributed by atoms with Crippen LogP contribution < -0.4 is 5.32 Å². The van der Waals surface area contributed by atoms with E-state index in [4.69, 9.17) is 0 Å². The largest absolute Gasteiger partial charge is 0.353 e. The van der Waals surface area contributed by atoms with E-state index in [1.165, 1.54) is 19.4 Å². The fourth-order valence-corrected chi connectivity index (χ4v) is 2.13. The number of nitrogens with one attached hydrogen (secondary N) is 1. The predicted octanol–water partition coefficient (Wildman–Crippen LogP) is 1.59. The summed E-state index contributed by atoms with van der Waals surface area (Å²) in [6.07, 6.45) is 6.23. The molecule has 2 heterocycles. The highest BCUT2D eigenvalue weighted by molar-refractivity contribution is 14.1. The standard InChI is InChI=1S/C10H15IN4/c1-15-4-2-3-9(15)7-14-10-12-5-8(11)6-13-10/h5-6,9H,2-4,7H2,1H3,(H,12,13,14). The van der Waals surface area contributed by atoms with E-state index in [9.17, 15) is 0 Å². The van der Waals surface area contributed by atoms with Gasteiger partial charge in [0, 0.05) is 28.6 Å².